The molecule has 1 aliphatic rings. The van der Waals surface area contributed by atoms with Gasteiger partial charge in [0.1, 0.15) is 6.04 Å². The van der Waals surface area contributed by atoms with E-state index in [0.717, 1.165) is 13.1 Å². The Morgan fingerprint density at radius 1 is 1.60 bits per heavy atom. The molecule has 4 nitrogen and oxygen atoms in total. The third kappa shape index (κ3) is 3.80. The number of likely N-dealkylation sites (N-methyl/N-ethyl adjacent to an activating group) is 1. The van der Waals surface area contributed by atoms with Gasteiger partial charge in [-0.1, -0.05) is 13.3 Å². The molecule has 0 amide bonds. The van der Waals surface area contributed by atoms with Gasteiger partial charge in [0, 0.05) is 12.6 Å². The molecule has 1 saturated heterocycles. The molecule has 1 fully saturated rings. The van der Waals surface area contributed by atoms with Gasteiger partial charge in [-0.25, -0.2) is 0 Å². The molecular formula is C11H22N2O2. The molecule has 0 radical (unpaired) electrons. The van der Waals surface area contributed by atoms with Crippen molar-refractivity contribution in [2.45, 2.75) is 44.7 Å². The molecule has 0 aliphatic carbocycles. The van der Waals surface area contributed by atoms with E-state index in [4.69, 9.17) is 5.11 Å². The highest BCUT2D eigenvalue weighted by molar-refractivity contribution is 5.73. The van der Waals surface area contributed by atoms with Crippen LogP contribution in [0.15, 0.2) is 0 Å². The lowest BCUT2D eigenvalue weighted by atomic mass is 10.0. The summed E-state index contributed by atoms with van der Waals surface area (Å²) < 4.78 is 0. The first-order chi connectivity index (χ1) is 7.15. The van der Waals surface area contributed by atoms with Crippen LogP contribution < -0.4 is 5.32 Å². The van der Waals surface area contributed by atoms with E-state index in [0.29, 0.717) is 12.5 Å². The Kier molecular flexibility index (Phi) is 5.05. The van der Waals surface area contributed by atoms with Gasteiger partial charge in [0.25, 0.3) is 0 Å². The molecule has 4 heteroatoms. The van der Waals surface area contributed by atoms with Gasteiger partial charge in [-0.2, -0.15) is 0 Å². The van der Waals surface area contributed by atoms with Crippen LogP contribution in [0.3, 0.4) is 0 Å². The smallest absolute Gasteiger partial charge is 0.320 e. The van der Waals surface area contributed by atoms with E-state index in [1.54, 1.807) is 0 Å². The summed E-state index contributed by atoms with van der Waals surface area (Å²) in [6, 6.07) is 0.118. The molecule has 0 aromatic heterocycles. The van der Waals surface area contributed by atoms with Crippen molar-refractivity contribution in [1.29, 1.82) is 0 Å². The van der Waals surface area contributed by atoms with Crippen molar-refractivity contribution in [3.05, 3.63) is 0 Å². The van der Waals surface area contributed by atoms with Crippen molar-refractivity contribution in [3.63, 3.8) is 0 Å². The maximum atomic E-state index is 10.8. The Labute approximate surface area is 91.6 Å². The molecule has 1 heterocycles. The second-order valence-corrected chi connectivity index (χ2v) is 4.34. The number of aliphatic carboxylic acids is 1. The summed E-state index contributed by atoms with van der Waals surface area (Å²) in [4.78, 5) is 13.1. The van der Waals surface area contributed by atoms with E-state index in [1.807, 2.05) is 6.92 Å². The van der Waals surface area contributed by atoms with Crippen LogP contribution >= 0.6 is 0 Å². The minimum Gasteiger partial charge on any atom is -0.480 e. The minimum absolute atomic E-state index is 0.389. The molecular weight excluding hydrogens is 192 g/mol. The van der Waals surface area contributed by atoms with Crippen LogP contribution in [0.1, 0.15) is 32.6 Å². The zero-order valence-corrected chi connectivity index (χ0v) is 9.70. The lowest BCUT2D eigenvalue weighted by molar-refractivity contribution is -0.139. The molecule has 15 heavy (non-hydrogen) atoms. The van der Waals surface area contributed by atoms with Crippen LogP contribution in [-0.2, 0) is 4.79 Å². The van der Waals surface area contributed by atoms with Crippen molar-refractivity contribution < 1.29 is 9.90 Å². The Bertz CT molecular complexity index is 209. The molecule has 0 saturated carbocycles. The SMILES string of the molecule is CCC(NCC1CCCCN1C)C(=O)O. The summed E-state index contributed by atoms with van der Waals surface area (Å²) >= 11 is 0. The van der Waals surface area contributed by atoms with Crippen LogP contribution in [0, 0.1) is 0 Å². The van der Waals surface area contributed by atoms with E-state index < -0.39 is 5.97 Å². The van der Waals surface area contributed by atoms with Crippen molar-refractivity contribution in [2.75, 3.05) is 20.1 Å². The summed E-state index contributed by atoms with van der Waals surface area (Å²) in [6.07, 6.45) is 4.36. The second-order valence-electron chi connectivity index (χ2n) is 4.34. The van der Waals surface area contributed by atoms with E-state index in [-0.39, 0.29) is 6.04 Å². The van der Waals surface area contributed by atoms with Crippen molar-refractivity contribution in [2.24, 2.45) is 0 Å². The molecule has 88 valence electrons. The maximum absolute atomic E-state index is 10.8. The molecule has 2 atom stereocenters. The predicted octanol–water partition coefficient (Wildman–Crippen LogP) is 0.923. The second kappa shape index (κ2) is 6.08. The lowest BCUT2D eigenvalue weighted by Crippen LogP contribution is -2.47. The van der Waals surface area contributed by atoms with E-state index in [9.17, 15) is 4.79 Å². The quantitative estimate of drug-likeness (QED) is 0.714. The Hall–Kier alpha value is -0.610. The number of nitrogens with zero attached hydrogens (tertiary/aromatic N) is 1. The molecule has 0 spiro atoms. The van der Waals surface area contributed by atoms with Gasteiger partial charge >= 0.3 is 5.97 Å². The highest BCUT2D eigenvalue weighted by Gasteiger charge is 2.21. The number of carboxylic acids is 1. The maximum Gasteiger partial charge on any atom is 0.320 e. The number of carbonyl (C=O) groups is 1. The molecule has 1 rings (SSSR count). The normalized spacial score (nSPS) is 25.1. The van der Waals surface area contributed by atoms with E-state index in [1.165, 1.54) is 19.3 Å². The molecule has 0 bridgehead atoms. The van der Waals surface area contributed by atoms with Crippen LogP contribution in [0.2, 0.25) is 0 Å². The standard InChI is InChI=1S/C11H22N2O2/c1-3-10(11(14)15)12-8-9-6-4-5-7-13(9)2/h9-10,12H,3-8H2,1-2H3,(H,14,15). The van der Waals surface area contributed by atoms with Crippen LogP contribution in [0.4, 0.5) is 0 Å². The predicted molar refractivity (Wildman–Crippen MR) is 60.0 cm³/mol. The monoisotopic (exact) mass is 214 g/mol. The highest BCUT2D eigenvalue weighted by Crippen LogP contribution is 2.14. The topological polar surface area (TPSA) is 52.6 Å². The third-order valence-electron chi connectivity index (χ3n) is 3.23. The van der Waals surface area contributed by atoms with Gasteiger partial charge in [-0.3, -0.25) is 4.79 Å². The summed E-state index contributed by atoms with van der Waals surface area (Å²) in [5.41, 5.74) is 0. The lowest BCUT2D eigenvalue weighted by Gasteiger charge is -2.33. The average molecular weight is 214 g/mol. The van der Waals surface area contributed by atoms with E-state index >= 15 is 0 Å². The van der Waals surface area contributed by atoms with Crippen LogP contribution in [-0.4, -0.2) is 48.2 Å². The molecule has 0 aromatic carbocycles. The average Bonchev–Trinajstić information content (AvgIpc) is 2.21. The van der Waals surface area contributed by atoms with Gasteiger partial charge in [-0.05, 0) is 32.9 Å². The third-order valence-corrected chi connectivity index (χ3v) is 3.23. The number of hydrogen-bond donors (Lipinski definition) is 2. The first-order valence-corrected chi connectivity index (χ1v) is 5.81. The fraction of sp³-hybridized carbons (Fsp3) is 0.909. The summed E-state index contributed by atoms with van der Waals surface area (Å²) in [5, 5.41) is 12.0. The minimum atomic E-state index is -0.740. The zero-order valence-electron chi connectivity index (χ0n) is 9.70. The van der Waals surface area contributed by atoms with Crippen molar-refractivity contribution in [1.82, 2.24) is 10.2 Å². The fourth-order valence-corrected chi connectivity index (χ4v) is 2.09. The largest absolute Gasteiger partial charge is 0.480 e. The number of nitrogens with one attached hydrogen (secondary N) is 1. The zero-order chi connectivity index (χ0) is 11.3. The number of rotatable bonds is 5. The van der Waals surface area contributed by atoms with Gasteiger partial charge in [0.15, 0.2) is 0 Å². The first-order valence-electron chi connectivity index (χ1n) is 5.81. The number of piperidine rings is 1. The summed E-state index contributed by atoms with van der Waals surface area (Å²) in [6.45, 7) is 3.83. The molecule has 2 N–H and O–H groups in total. The molecule has 1 aliphatic heterocycles. The molecule has 0 aromatic rings. The number of likely N-dealkylation sites (tertiary alicyclic amines) is 1. The van der Waals surface area contributed by atoms with Crippen molar-refractivity contribution in [3.8, 4) is 0 Å². The highest BCUT2D eigenvalue weighted by atomic mass is 16.4. The van der Waals surface area contributed by atoms with Gasteiger partial charge in [0.05, 0.1) is 0 Å². The Morgan fingerprint density at radius 2 is 2.33 bits per heavy atom. The Morgan fingerprint density at radius 3 is 2.87 bits per heavy atom. The first kappa shape index (κ1) is 12.5. The van der Waals surface area contributed by atoms with E-state index in [2.05, 4.69) is 17.3 Å². The van der Waals surface area contributed by atoms with Crippen LogP contribution in [0.25, 0.3) is 0 Å². The van der Waals surface area contributed by atoms with Gasteiger partial charge in [-0.15, -0.1) is 0 Å². The molecule has 2 unspecified atom stereocenters. The Balaban J connectivity index is 2.31. The summed E-state index contributed by atoms with van der Waals surface area (Å²) in [5.74, 6) is -0.740. The van der Waals surface area contributed by atoms with Gasteiger partial charge < -0.3 is 15.3 Å². The van der Waals surface area contributed by atoms with Gasteiger partial charge in [0.2, 0.25) is 0 Å². The number of carboxylic acid groups (broad SMARTS) is 1. The number of hydrogen-bond acceptors (Lipinski definition) is 3. The van der Waals surface area contributed by atoms with Crippen LogP contribution in [0.5, 0.6) is 0 Å². The van der Waals surface area contributed by atoms with Crippen molar-refractivity contribution >= 4 is 5.97 Å². The fourth-order valence-electron chi connectivity index (χ4n) is 2.09. The summed E-state index contributed by atoms with van der Waals surface area (Å²) in [7, 11) is 2.12.